The Kier molecular flexibility index (Phi) is 32.4. The van der Waals surface area contributed by atoms with Crippen molar-refractivity contribution in [1.29, 1.82) is 0 Å². The molecule has 8 nitrogen and oxygen atoms in total. The average molecular weight is 735 g/mol. The molecule has 2 N–H and O–H groups in total. The number of quaternary nitrogens is 1. The lowest BCUT2D eigenvalue weighted by Gasteiger charge is -2.30. The SMILES string of the molecule is CC/C=C\C/C=C\C/C=C\C/C=C\C/C=C\C/C=C\CCCCCCCCC(=O)NC(COP(=O)([O-])OCC[N+](C)(C)C)C(O)CCCCCC. The van der Waals surface area contributed by atoms with E-state index in [4.69, 9.17) is 9.05 Å². The highest BCUT2D eigenvalue weighted by Crippen LogP contribution is 2.38. The fraction of sp³-hybridized carbons (Fsp3) is 0.690. The van der Waals surface area contributed by atoms with E-state index in [-0.39, 0.29) is 19.1 Å². The van der Waals surface area contributed by atoms with Crippen LogP contribution in [0.4, 0.5) is 0 Å². The molecule has 0 spiro atoms. The molecular formula is C42H75N2O6P. The zero-order chi connectivity index (χ0) is 37.9. The molecule has 0 aliphatic carbocycles. The van der Waals surface area contributed by atoms with Crippen LogP contribution in [-0.4, -0.2) is 68.5 Å². The molecule has 0 saturated carbocycles. The number of rotatable bonds is 34. The highest BCUT2D eigenvalue weighted by molar-refractivity contribution is 7.45. The van der Waals surface area contributed by atoms with Crippen LogP contribution in [0.3, 0.4) is 0 Å². The molecule has 9 heteroatoms. The van der Waals surface area contributed by atoms with Crippen molar-refractivity contribution in [3.8, 4) is 0 Å². The summed E-state index contributed by atoms with van der Waals surface area (Å²) in [5.41, 5.74) is 0. The summed E-state index contributed by atoms with van der Waals surface area (Å²) in [5.74, 6) is -0.194. The number of amides is 1. The van der Waals surface area contributed by atoms with E-state index >= 15 is 0 Å². The predicted octanol–water partition coefficient (Wildman–Crippen LogP) is 9.83. The molecule has 0 aromatic heterocycles. The summed E-state index contributed by atoms with van der Waals surface area (Å²) in [7, 11) is 1.27. The van der Waals surface area contributed by atoms with Gasteiger partial charge in [0.05, 0.1) is 39.9 Å². The first-order valence-corrected chi connectivity index (χ1v) is 21.2. The summed E-state index contributed by atoms with van der Waals surface area (Å²) in [6.45, 7) is 4.43. The molecule has 0 aromatic carbocycles. The third-order valence-electron chi connectivity index (χ3n) is 8.21. The van der Waals surface area contributed by atoms with Gasteiger partial charge in [0.1, 0.15) is 13.2 Å². The lowest BCUT2D eigenvalue weighted by Crippen LogP contribution is -2.46. The topological polar surface area (TPSA) is 108 Å². The van der Waals surface area contributed by atoms with E-state index in [9.17, 15) is 19.4 Å². The Bertz CT molecular complexity index is 1060. The van der Waals surface area contributed by atoms with Gasteiger partial charge in [-0.25, -0.2) is 0 Å². The van der Waals surface area contributed by atoms with Crippen molar-refractivity contribution >= 4 is 13.7 Å². The van der Waals surface area contributed by atoms with Crippen LogP contribution in [0.5, 0.6) is 0 Å². The third kappa shape index (κ3) is 36.1. The standard InChI is InChI=1S/C42H75N2O6P/c1-6-8-10-12-13-14-15-16-17-18-19-20-21-22-23-24-25-26-27-28-29-30-31-32-34-36-42(46)43-40(41(45)35-33-11-9-7-2)39-50-51(47,48)49-38-37-44(3,4)5/h8,10,13-14,16-17,19-20,22-23,25-26,40-41,45H,6-7,9,11-12,15,18,21,24,27-39H2,1-5H3,(H-,43,46,47,48)/b10-8-,14-13-,17-16-,20-19-,23-22-,26-25-. The number of carbonyl (C=O) groups is 1. The van der Waals surface area contributed by atoms with E-state index in [1.54, 1.807) is 0 Å². The van der Waals surface area contributed by atoms with Crippen LogP contribution in [0.2, 0.25) is 0 Å². The molecular weight excluding hydrogens is 659 g/mol. The first-order chi connectivity index (χ1) is 24.5. The molecule has 0 aliphatic heterocycles. The Morgan fingerprint density at radius 3 is 1.73 bits per heavy atom. The lowest BCUT2D eigenvalue weighted by atomic mass is 10.0. The molecule has 0 fully saturated rings. The number of carbonyl (C=O) groups excluding carboxylic acids is 1. The van der Waals surface area contributed by atoms with Gasteiger partial charge in [0.25, 0.3) is 7.82 Å². The number of phosphoric ester groups is 1. The second-order valence-corrected chi connectivity index (χ2v) is 15.7. The van der Waals surface area contributed by atoms with E-state index in [0.717, 1.165) is 96.3 Å². The van der Waals surface area contributed by atoms with E-state index in [1.165, 1.54) is 12.8 Å². The Labute approximate surface area is 313 Å². The lowest BCUT2D eigenvalue weighted by molar-refractivity contribution is -0.870. The second-order valence-electron chi connectivity index (χ2n) is 14.3. The van der Waals surface area contributed by atoms with Crippen LogP contribution in [0, 0.1) is 0 Å². The maximum Gasteiger partial charge on any atom is 0.268 e. The minimum Gasteiger partial charge on any atom is -0.756 e. The first-order valence-electron chi connectivity index (χ1n) is 19.8. The van der Waals surface area contributed by atoms with Gasteiger partial charge in [-0.1, -0.05) is 138 Å². The van der Waals surface area contributed by atoms with Gasteiger partial charge >= 0.3 is 0 Å². The molecule has 0 aliphatic rings. The number of unbranched alkanes of at least 4 members (excludes halogenated alkanes) is 9. The van der Waals surface area contributed by atoms with Gasteiger partial charge < -0.3 is 28.8 Å². The minimum atomic E-state index is -4.55. The maximum absolute atomic E-state index is 12.7. The highest BCUT2D eigenvalue weighted by Gasteiger charge is 2.24. The Morgan fingerprint density at radius 2 is 1.20 bits per heavy atom. The zero-order valence-corrected chi connectivity index (χ0v) is 33.9. The minimum absolute atomic E-state index is 0.00336. The van der Waals surface area contributed by atoms with Crippen molar-refractivity contribution in [1.82, 2.24) is 5.32 Å². The molecule has 0 rings (SSSR count). The van der Waals surface area contributed by atoms with Crippen LogP contribution in [0.15, 0.2) is 72.9 Å². The predicted molar refractivity (Wildman–Crippen MR) is 214 cm³/mol. The van der Waals surface area contributed by atoms with Crippen LogP contribution in [0.1, 0.15) is 136 Å². The molecule has 0 saturated heterocycles. The smallest absolute Gasteiger partial charge is 0.268 e. The van der Waals surface area contributed by atoms with E-state index in [0.29, 0.717) is 23.9 Å². The zero-order valence-electron chi connectivity index (χ0n) is 33.0. The normalized spacial score (nSPS) is 15.4. The molecule has 0 aromatic rings. The van der Waals surface area contributed by atoms with Gasteiger partial charge in [-0.05, 0) is 64.2 Å². The molecule has 0 radical (unpaired) electrons. The summed E-state index contributed by atoms with van der Waals surface area (Å²) in [4.78, 5) is 25.0. The number of aliphatic hydroxyl groups is 1. The third-order valence-corrected chi connectivity index (χ3v) is 9.17. The van der Waals surface area contributed by atoms with Gasteiger partial charge in [-0.3, -0.25) is 9.36 Å². The molecule has 3 unspecified atom stereocenters. The van der Waals surface area contributed by atoms with E-state index < -0.39 is 20.0 Å². The molecule has 3 atom stereocenters. The Hall–Kier alpha value is -2.06. The van der Waals surface area contributed by atoms with Crippen LogP contribution in [0.25, 0.3) is 0 Å². The number of likely N-dealkylation sites (N-methyl/N-ethyl adjacent to an activating group) is 1. The highest BCUT2D eigenvalue weighted by atomic mass is 31.2. The maximum atomic E-state index is 12.7. The van der Waals surface area contributed by atoms with Crippen LogP contribution in [-0.2, 0) is 18.4 Å². The van der Waals surface area contributed by atoms with Crippen LogP contribution < -0.4 is 10.2 Å². The number of hydrogen-bond donors (Lipinski definition) is 2. The fourth-order valence-corrected chi connectivity index (χ4v) is 5.76. The summed E-state index contributed by atoms with van der Waals surface area (Å²) in [5, 5.41) is 13.6. The molecule has 294 valence electrons. The van der Waals surface area contributed by atoms with Gasteiger partial charge in [0.2, 0.25) is 5.91 Å². The van der Waals surface area contributed by atoms with Gasteiger partial charge in [0, 0.05) is 6.42 Å². The van der Waals surface area contributed by atoms with E-state index in [1.807, 2.05) is 21.1 Å². The summed E-state index contributed by atoms with van der Waals surface area (Å²) < 4.78 is 22.9. The summed E-state index contributed by atoms with van der Waals surface area (Å²) in [6, 6.07) is -0.808. The van der Waals surface area contributed by atoms with Gasteiger partial charge in [-0.2, -0.15) is 0 Å². The van der Waals surface area contributed by atoms with Gasteiger partial charge in [-0.15, -0.1) is 0 Å². The number of nitrogens with zero attached hydrogens (tertiary/aromatic N) is 1. The quantitative estimate of drug-likeness (QED) is 0.0295. The number of nitrogens with one attached hydrogen (secondary N) is 1. The fourth-order valence-electron chi connectivity index (χ4n) is 5.04. The van der Waals surface area contributed by atoms with Crippen molar-refractivity contribution in [2.24, 2.45) is 0 Å². The number of aliphatic hydroxyl groups excluding tert-OH is 1. The Morgan fingerprint density at radius 1 is 0.706 bits per heavy atom. The Balaban J connectivity index is 4.13. The first kappa shape index (κ1) is 48.9. The number of allylic oxidation sites excluding steroid dienone is 12. The molecule has 0 bridgehead atoms. The second kappa shape index (κ2) is 33.8. The van der Waals surface area contributed by atoms with Crippen molar-refractivity contribution in [3.63, 3.8) is 0 Å². The van der Waals surface area contributed by atoms with E-state index in [2.05, 4.69) is 92.1 Å². The van der Waals surface area contributed by atoms with Crippen molar-refractivity contribution < 1.29 is 32.9 Å². The van der Waals surface area contributed by atoms with Crippen molar-refractivity contribution in [2.75, 3.05) is 40.9 Å². The summed E-state index contributed by atoms with van der Waals surface area (Å²) in [6.07, 6.45) is 43.9. The van der Waals surface area contributed by atoms with Gasteiger partial charge in [0.15, 0.2) is 0 Å². The summed E-state index contributed by atoms with van der Waals surface area (Å²) >= 11 is 0. The molecule has 51 heavy (non-hydrogen) atoms. The average Bonchev–Trinajstić information content (AvgIpc) is 3.07. The van der Waals surface area contributed by atoms with Crippen LogP contribution >= 0.6 is 7.82 Å². The van der Waals surface area contributed by atoms with Crippen molar-refractivity contribution in [2.45, 2.75) is 148 Å². The number of hydrogen-bond acceptors (Lipinski definition) is 6. The number of phosphoric acid groups is 1. The van der Waals surface area contributed by atoms with Crippen molar-refractivity contribution in [3.05, 3.63) is 72.9 Å². The molecule has 1 amide bonds. The largest absolute Gasteiger partial charge is 0.756 e. The molecule has 0 heterocycles. The monoisotopic (exact) mass is 735 g/mol.